The predicted octanol–water partition coefficient (Wildman–Crippen LogP) is 3.61. The highest BCUT2D eigenvalue weighted by molar-refractivity contribution is 6.33. The van der Waals surface area contributed by atoms with Crippen LogP contribution in [0, 0.1) is 0 Å². The first-order chi connectivity index (χ1) is 11.6. The third kappa shape index (κ3) is 3.74. The van der Waals surface area contributed by atoms with Crippen molar-refractivity contribution >= 4 is 29.2 Å². The van der Waals surface area contributed by atoms with Crippen molar-refractivity contribution in [3.05, 3.63) is 58.7 Å². The van der Waals surface area contributed by atoms with Crippen LogP contribution in [0.5, 0.6) is 0 Å². The predicted molar refractivity (Wildman–Crippen MR) is 93.4 cm³/mol. The molecule has 6 heteroatoms. The van der Waals surface area contributed by atoms with Gasteiger partial charge < -0.3 is 10.2 Å². The van der Waals surface area contributed by atoms with Crippen molar-refractivity contribution in [3.63, 3.8) is 0 Å². The number of benzene rings is 1. The minimum absolute atomic E-state index is 0.0276. The van der Waals surface area contributed by atoms with Crippen LogP contribution in [0.3, 0.4) is 0 Å². The Kier molecular flexibility index (Phi) is 5.11. The fraction of sp³-hybridized carbons (Fsp3) is 0.278. The van der Waals surface area contributed by atoms with Crippen LogP contribution < -0.4 is 5.32 Å². The number of carbonyl (C=O) groups is 2. The smallest absolute Gasteiger partial charge is 0.256 e. The van der Waals surface area contributed by atoms with Crippen LogP contribution in [0.15, 0.2) is 42.6 Å². The summed E-state index contributed by atoms with van der Waals surface area (Å²) in [6.45, 7) is 1.55. The molecule has 0 radical (unpaired) electrons. The maximum absolute atomic E-state index is 12.5. The lowest BCUT2D eigenvalue weighted by molar-refractivity contribution is 0.0724. The Bertz CT molecular complexity index is 757. The van der Waals surface area contributed by atoms with Crippen molar-refractivity contribution in [2.45, 2.75) is 19.3 Å². The van der Waals surface area contributed by atoms with E-state index in [1.54, 1.807) is 42.6 Å². The van der Waals surface area contributed by atoms with E-state index >= 15 is 0 Å². The van der Waals surface area contributed by atoms with Gasteiger partial charge in [-0.1, -0.05) is 17.7 Å². The van der Waals surface area contributed by atoms with Crippen molar-refractivity contribution in [2.24, 2.45) is 0 Å². The first kappa shape index (κ1) is 16.5. The molecule has 1 aromatic carbocycles. The lowest BCUT2D eigenvalue weighted by Gasteiger charge is -2.26. The summed E-state index contributed by atoms with van der Waals surface area (Å²) in [4.78, 5) is 30.8. The molecule has 0 saturated carbocycles. The van der Waals surface area contributed by atoms with E-state index in [2.05, 4.69) is 10.3 Å². The summed E-state index contributed by atoms with van der Waals surface area (Å²) in [5.74, 6) is -0.0685. The molecule has 1 aliphatic rings. The number of amides is 2. The van der Waals surface area contributed by atoms with Crippen molar-refractivity contribution in [3.8, 4) is 0 Å². The monoisotopic (exact) mass is 343 g/mol. The Morgan fingerprint density at radius 3 is 2.54 bits per heavy atom. The number of piperidine rings is 1. The van der Waals surface area contributed by atoms with Gasteiger partial charge in [-0.3, -0.25) is 9.59 Å². The second-order valence-corrected chi connectivity index (χ2v) is 6.13. The number of nitrogens with zero attached hydrogens (tertiary/aromatic N) is 2. The first-order valence-corrected chi connectivity index (χ1v) is 8.34. The van der Waals surface area contributed by atoms with Gasteiger partial charge in [0.2, 0.25) is 0 Å². The van der Waals surface area contributed by atoms with Gasteiger partial charge in [0.25, 0.3) is 11.8 Å². The average Bonchev–Trinajstić information content (AvgIpc) is 2.64. The third-order valence-electron chi connectivity index (χ3n) is 4.01. The second-order valence-electron chi connectivity index (χ2n) is 5.72. The first-order valence-electron chi connectivity index (χ1n) is 7.96. The van der Waals surface area contributed by atoms with Crippen LogP contribution in [0.25, 0.3) is 0 Å². The quantitative estimate of drug-likeness (QED) is 0.926. The van der Waals surface area contributed by atoms with E-state index in [-0.39, 0.29) is 11.8 Å². The van der Waals surface area contributed by atoms with E-state index in [0.717, 1.165) is 32.4 Å². The second kappa shape index (κ2) is 7.45. The number of nitrogens with one attached hydrogen (secondary N) is 1. The highest BCUT2D eigenvalue weighted by atomic mass is 35.5. The molecule has 1 saturated heterocycles. The summed E-state index contributed by atoms with van der Waals surface area (Å²) < 4.78 is 0. The molecule has 5 nitrogen and oxygen atoms in total. The fourth-order valence-corrected chi connectivity index (χ4v) is 2.90. The Balaban J connectivity index is 1.76. The number of rotatable bonds is 3. The molecule has 2 heterocycles. The molecular weight excluding hydrogens is 326 g/mol. The fourth-order valence-electron chi connectivity index (χ4n) is 2.73. The van der Waals surface area contributed by atoms with Gasteiger partial charge in [0.05, 0.1) is 5.02 Å². The minimum atomic E-state index is -0.344. The van der Waals surface area contributed by atoms with Crippen molar-refractivity contribution in [1.29, 1.82) is 0 Å². The molecule has 2 amide bonds. The summed E-state index contributed by atoms with van der Waals surface area (Å²) >= 11 is 6.00. The molecule has 1 aromatic heterocycles. The van der Waals surface area contributed by atoms with Gasteiger partial charge in [-0.25, -0.2) is 4.98 Å². The van der Waals surface area contributed by atoms with E-state index in [1.807, 2.05) is 4.90 Å². The van der Waals surface area contributed by atoms with Gasteiger partial charge >= 0.3 is 0 Å². The lowest BCUT2D eigenvalue weighted by atomic mass is 10.1. The van der Waals surface area contributed by atoms with Crippen LogP contribution in [0.4, 0.5) is 5.82 Å². The molecule has 3 rings (SSSR count). The van der Waals surface area contributed by atoms with Crippen LogP contribution in [0.2, 0.25) is 5.02 Å². The van der Waals surface area contributed by atoms with Gasteiger partial charge in [-0.2, -0.15) is 0 Å². The normalized spacial score (nSPS) is 14.3. The molecule has 0 spiro atoms. The number of carbonyl (C=O) groups excluding carboxylic acids is 2. The average molecular weight is 344 g/mol. The number of likely N-dealkylation sites (tertiary alicyclic amines) is 1. The third-order valence-corrected chi connectivity index (χ3v) is 4.31. The van der Waals surface area contributed by atoms with Crippen LogP contribution in [-0.4, -0.2) is 34.8 Å². The SMILES string of the molecule is O=C(Nc1ncccc1Cl)c1cccc(C(=O)N2CCCCC2)c1. The van der Waals surface area contributed by atoms with E-state index < -0.39 is 0 Å². The minimum Gasteiger partial charge on any atom is -0.339 e. The maximum atomic E-state index is 12.5. The van der Waals surface area contributed by atoms with Gasteiger partial charge in [0, 0.05) is 30.4 Å². The van der Waals surface area contributed by atoms with E-state index in [0.29, 0.717) is 22.0 Å². The molecule has 1 aliphatic heterocycles. The Morgan fingerprint density at radius 1 is 1.04 bits per heavy atom. The number of hydrogen-bond donors (Lipinski definition) is 1. The molecular formula is C18H18ClN3O2. The van der Waals surface area contributed by atoms with E-state index in [9.17, 15) is 9.59 Å². The highest BCUT2D eigenvalue weighted by Gasteiger charge is 2.19. The van der Waals surface area contributed by atoms with Gasteiger partial charge in [0.1, 0.15) is 0 Å². The summed E-state index contributed by atoms with van der Waals surface area (Å²) in [5.41, 5.74) is 0.927. The molecule has 0 aliphatic carbocycles. The van der Waals surface area contributed by atoms with Crippen molar-refractivity contribution in [2.75, 3.05) is 18.4 Å². The zero-order valence-corrected chi connectivity index (χ0v) is 13.9. The van der Waals surface area contributed by atoms with E-state index in [4.69, 9.17) is 11.6 Å². The molecule has 24 heavy (non-hydrogen) atoms. The standard InChI is InChI=1S/C18H18ClN3O2/c19-15-8-5-9-20-16(15)21-17(23)13-6-4-7-14(12-13)18(24)22-10-2-1-3-11-22/h4-9,12H,1-3,10-11H2,(H,20,21,23). The Labute approximate surface area is 145 Å². The molecule has 1 fully saturated rings. The van der Waals surface area contributed by atoms with Crippen LogP contribution in [0.1, 0.15) is 40.0 Å². The largest absolute Gasteiger partial charge is 0.339 e. The topological polar surface area (TPSA) is 62.3 Å². The van der Waals surface area contributed by atoms with Gasteiger partial charge in [-0.05, 0) is 49.6 Å². The molecule has 0 bridgehead atoms. The molecule has 0 atom stereocenters. The molecule has 0 unspecified atom stereocenters. The lowest BCUT2D eigenvalue weighted by Crippen LogP contribution is -2.35. The number of pyridine rings is 1. The van der Waals surface area contributed by atoms with Gasteiger partial charge in [0.15, 0.2) is 5.82 Å². The number of anilines is 1. The summed E-state index contributed by atoms with van der Waals surface area (Å²) in [6.07, 6.45) is 4.78. The van der Waals surface area contributed by atoms with E-state index in [1.165, 1.54) is 0 Å². The number of aromatic nitrogens is 1. The van der Waals surface area contributed by atoms with Crippen molar-refractivity contribution < 1.29 is 9.59 Å². The van der Waals surface area contributed by atoms with Crippen LogP contribution >= 0.6 is 11.6 Å². The summed E-state index contributed by atoms with van der Waals surface area (Å²) in [6, 6.07) is 10.1. The van der Waals surface area contributed by atoms with Crippen LogP contribution in [-0.2, 0) is 0 Å². The summed E-state index contributed by atoms with van der Waals surface area (Å²) in [5, 5.41) is 3.03. The zero-order valence-electron chi connectivity index (χ0n) is 13.2. The van der Waals surface area contributed by atoms with Gasteiger partial charge in [-0.15, -0.1) is 0 Å². The maximum Gasteiger partial charge on any atom is 0.256 e. The molecule has 1 N–H and O–H groups in total. The van der Waals surface area contributed by atoms with Crippen molar-refractivity contribution in [1.82, 2.24) is 9.88 Å². The number of hydrogen-bond acceptors (Lipinski definition) is 3. The molecule has 2 aromatic rings. The number of halogens is 1. The summed E-state index contributed by atoms with van der Waals surface area (Å²) in [7, 11) is 0. The zero-order chi connectivity index (χ0) is 16.9. The molecule has 124 valence electrons. The Hall–Kier alpha value is -2.40. The Morgan fingerprint density at radius 2 is 1.79 bits per heavy atom. The highest BCUT2D eigenvalue weighted by Crippen LogP contribution is 2.19.